The second kappa shape index (κ2) is 9.30. The molecule has 0 unspecified atom stereocenters. The van der Waals surface area contributed by atoms with E-state index in [4.69, 9.17) is 4.99 Å². The number of imidazole rings is 1. The molecule has 1 aliphatic heterocycles. The van der Waals surface area contributed by atoms with E-state index >= 15 is 0 Å². The van der Waals surface area contributed by atoms with Crippen LogP contribution in [-0.2, 0) is 13.1 Å². The average Bonchev–Trinajstić information content (AvgIpc) is 3.44. The van der Waals surface area contributed by atoms with Crippen molar-refractivity contribution in [2.75, 3.05) is 0 Å². The SMILES string of the molecule is Cc1cc(C2=NCc3ccc(C(=O)C[C@@H]4CCC[C@](O)(Cn5c(C)nc6cnccc65)C4)cc32)ccn1. The summed E-state index contributed by atoms with van der Waals surface area (Å²) in [7, 11) is 0. The number of aryl methyl sites for hydroxylation is 2. The molecule has 0 bridgehead atoms. The Labute approximate surface area is 216 Å². The number of aliphatic hydroxyl groups is 1. The summed E-state index contributed by atoms with van der Waals surface area (Å²) in [6.07, 6.45) is 8.95. The maximum atomic E-state index is 13.4. The first kappa shape index (κ1) is 23.7. The molecule has 188 valence electrons. The highest BCUT2D eigenvalue weighted by molar-refractivity contribution is 6.16. The van der Waals surface area contributed by atoms with Crippen LogP contribution in [0, 0.1) is 19.8 Å². The molecule has 3 aromatic heterocycles. The Bertz CT molecular complexity index is 1540. The summed E-state index contributed by atoms with van der Waals surface area (Å²) in [4.78, 5) is 31.2. The summed E-state index contributed by atoms with van der Waals surface area (Å²) in [5.74, 6) is 1.14. The number of carbonyl (C=O) groups is 1. The lowest BCUT2D eigenvalue weighted by Crippen LogP contribution is -2.40. The fourth-order valence-corrected chi connectivity index (χ4v) is 6.05. The Kier molecular flexibility index (Phi) is 5.95. The highest BCUT2D eigenvalue weighted by Crippen LogP contribution is 2.37. The lowest BCUT2D eigenvalue weighted by molar-refractivity contribution is -0.0298. The Morgan fingerprint density at radius 1 is 1.16 bits per heavy atom. The summed E-state index contributed by atoms with van der Waals surface area (Å²) in [6, 6.07) is 11.9. The molecule has 0 spiro atoms. The molecule has 1 fully saturated rings. The van der Waals surface area contributed by atoms with Gasteiger partial charge < -0.3 is 9.67 Å². The molecule has 6 rings (SSSR count). The predicted molar refractivity (Wildman–Crippen MR) is 143 cm³/mol. The number of fused-ring (bicyclic) bond motifs is 2. The number of aromatic nitrogens is 4. The predicted octanol–water partition coefficient (Wildman–Crippen LogP) is 4.99. The molecule has 7 nitrogen and oxygen atoms in total. The van der Waals surface area contributed by atoms with Crippen LogP contribution in [0.3, 0.4) is 0 Å². The number of carbonyl (C=O) groups excluding carboxylic acids is 1. The van der Waals surface area contributed by atoms with Crippen molar-refractivity contribution in [3.05, 3.63) is 88.8 Å². The van der Waals surface area contributed by atoms with Gasteiger partial charge in [-0.15, -0.1) is 0 Å². The molecule has 0 radical (unpaired) electrons. The van der Waals surface area contributed by atoms with Crippen LogP contribution in [0.2, 0.25) is 0 Å². The van der Waals surface area contributed by atoms with E-state index in [1.807, 2.05) is 50.2 Å². The summed E-state index contributed by atoms with van der Waals surface area (Å²) >= 11 is 0. The number of Topliss-reactive ketones (excluding diaryl/α,β-unsaturated/α-hetero) is 1. The second-order valence-corrected chi connectivity index (χ2v) is 10.6. The quantitative estimate of drug-likeness (QED) is 0.382. The summed E-state index contributed by atoms with van der Waals surface area (Å²) in [5, 5.41) is 11.6. The van der Waals surface area contributed by atoms with E-state index in [1.165, 1.54) is 0 Å². The molecule has 1 aromatic carbocycles. The van der Waals surface area contributed by atoms with Gasteiger partial charge in [0.1, 0.15) is 11.3 Å². The number of hydrogen-bond donors (Lipinski definition) is 1. The molecule has 1 N–H and O–H groups in total. The van der Waals surface area contributed by atoms with Crippen LogP contribution in [0.1, 0.15) is 70.7 Å². The minimum absolute atomic E-state index is 0.129. The van der Waals surface area contributed by atoms with E-state index in [-0.39, 0.29) is 11.7 Å². The molecule has 4 aromatic rings. The first-order valence-corrected chi connectivity index (χ1v) is 13.0. The van der Waals surface area contributed by atoms with Crippen LogP contribution >= 0.6 is 0 Å². The van der Waals surface area contributed by atoms with Gasteiger partial charge in [-0.3, -0.25) is 19.8 Å². The van der Waals surface area contributed by atoms with E-state index in [0.29, 0.717) is 25.9 Å². The summed E-state index contributed by atoms with van der Waals surface area (Å²) < 4.78 is 2.09. The van der Waals surface area contributed by atoms with Crippen molar-refractivity contribution < 1.29 is 9.90 Å². The fourth-order valence-electron chi connectivity index (χ4n) is 6.05. The molecule has 4 heterocycles. The van der Waals surface area contributed by atoms with Crippen LogP contribution < -0.4 is 0 Å². The van der Waals surface area contributed by atoms with Crippen molar-refractivity contribution in [2.24, 2.45) is 10.9 Å². The second-order valence-electron chi connectivity index (χ2n) is 10.6. The van der Waals surface area contributed by atoms with E-state index in [0.717, 1.165) is 69.8 Å². The van der Waals surface area contributed by atoms with E-state index in [9.17, 15) is 9.90 Å². The van der Waals surface area contributed by atoms with Gasteiger partial charge in [-0.05, 0) is 68.9 Å². The number of aliphatic imine (C=N–C) groups is 1. The van der Waals surface area contributed by atoms with Crippen LogP contribution in [-0.4, -0.2) is 41.7 Å². The van der Waals surface area contributed by atoms with Gasteiger partial charge in [-0.2, -0.15) is 0 Å². The molecular formula is C30H31N5O2. The van der Waals surface area contributed by atoms with Crippen LogP contribution in [0.4, 0.5) is 0 Å². The standard InChI is InChI=1S/C30H31N5O2/c1-19-12-23(7-11-32-19)29-25-14-22(5-6-24(25)16-33-29)28(36)13-21-4-3-9-30(37,15-21)18-35-20(2)34-26-17-31-10-8-27(26)35/h5-8,10-12,14,17,21,37H,3-4,9,13,15-16,18H2,1-2H3/t21-,30+/m0/s1. The lowest BCUT2D eigenvalue weighted by atomic mass is 9.75. The number of benzene rings is 1. The third-order valence-corrected chi connectivity index (χ3v) is 7.86. The van der Waals surface area contributed by atoms with Gasteiger partial charge in [0.2, 0.25) is 0 Å². The largest absolute Gasteiger partial charge is 0.388 e. The van der Waals surface area contributed by atoms with Gasteiger partial charge in [0.05, 0.1) is 36.1 Å². The molecule has 0 amide bonds. The highest BCUT2D eigenvalue weighted by Gasteiger charge is 2.36. The first-order valence-electron chi connectivity index (χ1n) is 13.0. The van der Waals surface area contributed by atoms with Gasteiger partial charge in [0.25, 0.3) is 0 Å². The number of rotatable bonds is 6. The van der Waals surface area contributed by atoms with Crippen LogP contribution in [0.15, 0.2) is 60.0 Å². The fraction of sp³-hybridized carbons (Fsp3) is 0.367. The minimum Gasteiger partial charge on any atom is -0.388 e. The molecule has 2 aliphatic rings. The van der Waals surface area contributed by atoms with Crippen molar-refractivity contribution in [1.82, 2.24) is 19.5 Å². The molecular weight excluding hydrogens is 462 g/mol. The third kappa shape index (κ3) is 4.60. The molecule has 7 heteroatoms. The topological polar surface area (TPSA) is 93.3 Å². The Morgan fingerprint density at radius 3 is 2.92 bits per heavy atom. The monoisotopic (exact) mass is 493 g/mol. The van der Waals surface area contributed by atoms with Gasteiger partial charge in [0, 0.05) is 41.2 Å². The summed E-state index contributed by atoms with van der Waals surface area (Å²) in [5.41, 5.74) is 6.78. The van der Waals surface area contributed by atoms with E-state index in [2.05, 4.69) is 19.5 Å². The number of pyridine rings is 2. The van der Waals surface area contributed by atoms with Crippen molar-refractivity contribution in [1.29, 1.82) is 0 Å². The zero-order chi connectivity index (χ0) is 25.6. The minimum atomic E-state index is -0.859. The van der Waals surface area contributed by atoms with Crippen molar-refractivity contribution in [2.45, 2.75) is 64.6 Å². The number of ketones is 1. The molecule has 37 heavy (non-hydrogen) atoms. The van der Waals surface area contributed by atoms with E-state index in [1.54, 1.807) is 18.6 Å². The Balaban J connectivity index is 1.18. The lowest BCUT2D eigenvalue weighted by Gasteiger charge is -2.37. The Hall–Kier alpha value is -3.71. The van der Waals surface area contributed by atoms with Gasteiger partial charge in [-0.1, -0.05) is 18.6 Å². The smallest absolute Gasteiger partial charge is 0.163 e. The number of hydrogen-bond acceptors (Lipinski definition) is 6. The summed E-state index contributed by atoms with van der Waals surface area (Å²) in [6.45, 7) is 5.05. The van der Waals surface area contributed by atoms with Crippen molar-refractivity contribution >= 4 is 22.5 Å². The maximum Gasteiger partial charge on any atom is 0.163 e. The molecule has 1 saturated carbocycles. The van der Waals surface area contributed by atoms with Crippen molar-refractivity contribution in [3.8, 4) is 0 Å². The van der Waals surface area contributed by atoms with Crippen LogP contribution in [0.5, 0.6) is 0 Å². The van der Waals surface area contributed by atoms with Crippen molar-refractivity contribution in [3.63, 3.8) is 0 Å². The average molecular weight is 494 g/mol. The Morgan fingerprint density at radius 2 is 2.05 bits per heavy atom. The third-order valence-electron chi connectivity index (χ3n) is 7.86. The van der Waals surface area contributed by atoms with Gasteiger partial charge in [0.15, 0.2) is 5.78 Å². The molecule has 0 saturated heterocycles. The van der Waals surface area contributed by atoms with Gasteiger partial charge in [-0.25, -0.2) is 4.98 Å². The van der Waals surface area contributed by atoms with E-state index < -0.39 is 5.60 Å². The maximum absolute atomic E-state index is 13.4. The zero-order valence-electron chi connectivity index (χ0n) is 21.3. The zero-order valence-corrected chi connectivity index (χ0v) is 21.3. The molecule has 1 aliphatic carbocycles. The normalized spacial score (nSPS) is 21.2. The molecule has 2 atom stereocenters. The van der Waals surface area contributed by atoms with Gasteiger partial charge >= 0.3 is 0 Å². The number of nitrogens with zero attached hydrogens (tertiary/aromatic N) is 5. The van der Waals surface area contributed by atoms with Crippen LogP contribution in [0.25, 0.3) is 11.0 Å². The first-order chi connectivity index (χ1) is 17.9. The highest BCUT2D eigenvalue weighted by atomic mass is 16.3.